The number of nitrogens with zero attached hydrogens (tertiary/aromatic N) is 3. The van der Waals surface area contributed by atoms with E-state index in [0.29, 0.717) is 0 Å². The number of anilines is 3. The van der Waals surface area contributed by atoms with Gasteiger partial charge in [-0.3, -0.25) is 0 Å². The zero-order valence-corrected chi connectivity index (χ0v) is 27.3. The third-order valence-corrected chi connectivity index (χ3v) is 10.7. The molecule has 4 heteroatoms. The smallest absolute Gasteiger partial charge is 0.124 e. The van der Waals surface area contributed by atoms with Gasteiger partial charge in [-0.2, -0.15) is 0 Å². The molecule has 0 fully saturated rings. The number of fused-ring (bicyclic) bond motifs is 8. The van der Waals surface area contributed by atoms with Crippen LogP contribution in [0.25, 0.3) is 69.8 Å². The van der Waals surface area contributed by atoms with Gasteiger partial charge in [-0.05, 0) is 76.8 Å². The van der Waals surface area contributed by atoms with Crippen LogP contribution in [-0.4, -0.2) is 9.55 Å². The summed E-state index contributed by atoms with van der Waals surface area (Å²) in [5.74, 6) is 0. The van der Waals surface area contributed by atoms with Crippen LogP contribution in [0.2, 0.25) is 0 Å². The standard InChI is InChI=1S/C45H29N3S/c1-4-12-31(13-5-1)45-46-41-27-26-36-39(44(41)49-45)24-21-30-20-22-34(28-40(30)36)47(32-14-6-2-7-15-32)35-23-25-38-37-18-10-11-19-42(37)48(43(38)29-35)33-16-8-3-9-17-33/h1-29H. The van der Waals surface area contributed by atoms with Crippen LogP contribution in [0.5, 0.6) is 0 Å². The van der Waals surface area contributed by atoms with E-state index < -0.39 is 0 Å². The summed E-state index contributed by atoms with van der Waals surface area (Å²) in [5, 5.41) is 8.47. The SMILES string of the molecule is c1ccc(-c2nc3ccc4c5cc(N(c6ccccc6)c6ccc7c8ccccc8n(-c8ccccc8)c7c6)ccc5ccc4c3s2)cc1. The van der Waals surface area contributed by atoms with E-state index >= 15 is 0 Å². The fourth-order valence-corrected chi connectivity index (χ4v) is 8.43. The Morgan fingerprint density at radius 2 is 1.08 bits per heavy atom. The Morgan fingerprint density at radius 1 is 0.449 bits per heavy atom. The molecule has 8 aromatic carbocycles. The highest BCUT2D eigenvalue weighted by molar-refractivity contribution is 7.22. The molecule has 2 aromatic heterocycles. The molecular weight excluding hydrogens is 615 g/mol. The highest BCUT2D eigenvalue weighted by Gasteiger charge is 2.18. The fraction of sp³-hybridized carbons (Fsp3) is 0. The topological polar surface area (TPSA) is 21.1 Å². The Hall–Kier alpha value is -6.23. The first-order valence-corrected chi connectivity index (χ1v) is 17.4. The van der Waals surface area contributed by atoms with Gasteiger partial charge in [0.1, 0.15) is 5.01 Å². The van der Waals surface area contributed by atoms with Crippen molar-refractivity contribution in [1.82, 2.24) is 9.55 Å². The second-order valence-corrected chi connectivity index (χ2v) is 13.4. The summed E-state index contributed by atoms with van der Waals surface area (Å²) >= 11 is 1.77. The fourth-order valence-electron chi connectivity index (χ4n) is 7.33. The Morgan fingerprint density at radius 3 is 1.92 bits per heavy atom. The minimum Gasteiger partial charge on any atom is -0.310 e. The summed E-state index contributed by atoms with van der Waals surface area (Å²) in [7, 11) is 0. The van der Waals surface area contributed by atoms with Gasteiger partial charge in [0.05, 0.1) is 21.3 Å². The predicted molar refractivity (Wildman–Crippen MR) is 209 cm³/mol. The maximum absolute atomic E-state index is 5.02. The van der Waals surface area contributed by atoms with E-state index in [1.807, 2.05) is 0 Å². The molecule has 10 rings (SSSR count). The molecule has 0 saturated heterocycles. The summed E-state index contributed by atoms with van der Waals surface area (Å²) < 4.78 is 3.61. The monoisotopic (exact) mass is 643 g/mol. The van der Waals surface area contributed by atoms with Crippen LogP contribution in [0.15, 0.2) is 176 Å². The normalized spacial score (nSPS) is 11.7. The zero-order chi connectivity index (χ0) is 32.3. The molecule has 0 bridgehead atoms. The van der Waals surface area contributed by atoms with E-state index in [1.54, 1.807) is 11.3 Å². The maximum Gasteiger partial charge on any atom is 0.124 e. The number of aromatic nitrogens is 2. The van der Waals surface area contributed by atoms with Gasteiger partial charge in [0, 0.05) is 44.5 Å². The molecule has 0 spiro atoms. The van der Waals surface area contributed by atoms with Gasteiger partial charge < -0.3 is 9.47 Å². The largest absolute Gasteiger partial charge is 0.310 e. The summed E-state index contributed by atoms with van der Waals surface area (Å²) in [4.78, 5) is 7.39. The van der Waals surface area contributed by atoms with Crippen LogP contribution in [-0.2, 0) is 0 Å². The first-order chi connectivity index (χ1) is 24.3. The summed E-state index contributed by atoms with van der Waals surface area (Å²) in [5.41, 5.74) is 9.06. The molecule has 0 aliphatic rings. The van der Waals surface area contributed by atoms with Crippen molar-refractivity contribution in [2.75, 3.05) is 4.90 Å². The Kier molecular flexibility index (Phi) is 6.36. The molecule has 0 unspecified atom stereocenters. The second kappa shape index (κ2) is 11.2. The van der Waals surface area contributed by atoms with Gasteiger partial charge in [-0.1, -0.05) is 115 Å². The molecule has 0 N–H and O–H groups in total. The van der Waals surface area contributed by atoms with E-state index in [0.717, 1.165) is 38.8 Å². The molecular formula is C45H29N3S. The van der Waals surface area contributed by atoms with Crippen molar-refractivity contribution in [3.8, 4) is 16.3 Å². The van der Waals surface area contributed by atoms with E-state index in [2.05, 4.69) is 185 Å². The Balaban J connectivity index is 1.19. The van der Waals surface area contributed by atoms with Crippen molar-refractivity contribution in [2.45, 2.75) is 0 Å². The molecule has 0 aliphatic carbocycles. The van der Waals surface area contributed by atoms with E-state index in [-0.39, 0.29) is 0 Å². The average molecular weight is 644 g/mol. The Bertz CT molecular complexity index is 2820. The minimum atomic E-state index is 1.04. The molecule has 0 radical (unpaired) electrons. The number of hydrogen-bond donors (Lipinski definition) is 0. The lowest BCUT2D eigenvalue weighted by Crippen LogP contribution is -2.10. The molecule has 0 amide bonds. The third-order valence-electron chi connectivity index (χ3n) is 9.58. The van der Waals surface area contributed by atoms with Crippen molar-refractivity contribution in [3.05, 3.63) is 176 Å². The van der Waals surface area contributed by atoms with Gasteiger partial charge in [0.25, 0.3) is 0 Å². The maximum atomic E-state index is 5.02. The van der Waals surface area contributed by atoms with Gasteiger partial charge in [0.2, 0.25) is 0 Å². The van der Waals surface area contributed by atoms with E-state index in [9.17, 15) is 0 Å². The summed E-state index contributed by atoms with van der Waals surface area (Å²) in [6.45, 7) is 0. The lowest BCUT2D eigenvalue weighted by Gasteiger charge is -2.26. The molecule has 10 aromatic rings. The second-order valence-electron chi connectivity index (χ2n) is 12.4. The highest BCUT2D eigenvalue weighted by atomic mass is 32.1. The first-order valence-electron chi connectivity index (χ1n) is 16.6. The van der Waals surface area contributed by atoms with Crippen molar-refractivity contribution >= 4 is 82.0 Å². The molecule has 230 valence electrons. The van der Waals surface area contributed by atoms with Crippen LogP contribution in [0, 0.1) is 0 Å². The quantitative estimate of drug-likeness (QED) is 0.174. The van der Waals surface area contributed by atoms with Crippen LogP contribution >= 0.6 is 11.3 Å². The number of para-hydroxylation sites is 3. The van der Waals surface area contributed by atoms with Gasteiger partial charge in [-0.25, -0.2) is 4.98 Å². The molecule has 49 heavy (non-hydrogen) atoms. The Labute approximate surface area is 287 Å². The van der Waals surface area contributed by atoms with Crippen LogP contribution < -0.4 is 4.90 Å². The summed E-state index contributed by atoms with van der Waals surface area (Å²) in [6, 6.07) is 63.2. The van der Waals surface area contributed by atoms with Crippen molar-refractivity contribution in [1.29, 1.82) is 0 Å². The zero-order valence-electron chi connectivity index (χ0n) is 26.5. The van der Waals surface area contributed by atoms with Crippen LogP contribution in [0.1, 0.15) is 0 Å². The van der Waals surface area contributed by atoms with Crippen molar-refractivity contribution < 1.29 is 0 Å². The van der Waals surface area contributed by atoms with Crippen molar-refractivity contribution in [2.24, 2.45) is 0 Å². The number of hydrogen-bond acceptors (Lipinski definition) is 3. The van der Waals surface area contributed by atoms with Crippen molar-refractivity contribution in [3.63, 3.8) is 0 Å². The summed E-state index contributed by atoms with van der Waals surface area (Å²) in [6.07, 6.45) is 0. The van der Waals surface area contributed by atoms with Crippen LogP contribution in [0.3, 0.4) is 0 Å². The van der Waals surface area contributed by atoms with E-state index in [1.165, 1.54) is 48.1 Å². The minimum absolute atomic E-state index is 1.04. The first kappa shape index (κ1) is 27.8. The molecule has 3 nitrogen and oxygen atoms in total. The molecule has 2 heterocycles. The van der Waals surface area contributed by atoms with Crippen LogP contribution in [0.4, 0.5) is 17.1 Å². The highest BCUT2D eigenvalue weighted by Crippen LogP contribution is 2.42. The number of rotatable bonds is 5. The van der Waals surface area contributed by atoms with Gasteiger partial charge in [-0.15, -0.1) is 11.3 Å². The molecule has 0 saturated carbocycles. The number of benzene rings is 8. The lowest BCUT2D eigenvalue weighted by atomic mass is 10.0. The molecule has 0 aliphatic heterocycles. The lowest BCUT2D eigenvalue weighted by molar-refractivity contribution is 1.18. The average Bonchev–Trinajstić information content (AvgIpc) is 3.76. The van der Waals surface area contributed by atoms with Gasteiger partial charge >= 0.3 is 0 Å². The van der Waals surface area contributed by atoms with Gasteiger partial charge in [0.15, 0.2) is 0 Å². The molecule has 0 atom stereocenters. The third kappa shape index (κ3) is 4.53. The number of thiazole rings is 1. The predicted octanol–water partition coefficient (Wildman–Crippen LogP) is 12.8. The van der Waals surface area contributed by atoms with E-state index in [4.69, 9.17) is 4.98 Å².